The molecular formula is C24H25N3O6. The van der Waals surface area contributed by atoms with Gasteiger partial charge in [0, 0.05) is 25.2 Å². The van der Waals surface area contributed by atoms with Crippen molar-refractivity contribution in [3.8, 4) is 11.6 Å². The number of aromatic nitrogens is 1. The Morgan fingerprint density at radius 3 is 2.48 bits per heavy atom. The lowest BCUT2D eigenvalue weighted by molar-refractivity contribution is -0.164. The van der Waals surface area contributed by atoms with Crippen LogP contribution in [0.2, 0.25) is 0 Å². The molecule has 1 saturated heterocycles. The first kappa shape index (κ1) is 22.4. The van der Waals surface area contributed by atoms with E-state index in [2.05, 4.69) is 10.3 Å². The molecule has 0 radical (unpaired) electrons. The highest BCUT2D eigenvalue weighted by molar-refractivity contribution is 6.20. The number of benzene rings is 1. The van der Waals surface area contributed by atoms with Crippen molar-refractivity contribution >= 4 is 23.6 Å². The lowest BCUT2D eigenvalue weighted by atomic mass is 9.67. The summed E-state index contributed by atoms with van der Waals surface area (Å²) in [5.74, 6) is -3.61. The van der Waals surface area contributed by atoms with Gasteiger partial charge in [-0.15, -0.1) is 0 Å². The standard InChI is InChI=1S/C24H25N3O6/c1-15-3-6-17(7-4-15)33-19-8-5-16(12-25-19)14-27-23(32)21(22(31)26-13-20(29)30)18(28)11-24(27)9-2-10-24/h3-8,12,21H,2,9-11,13-14H2,1H3,(H,26,31)(H,29,30). The summed E-state index contributed by atoms with van der Waals surface area (Å²) in [6.45, 7) is 1.54. The molecule has 2 fully saturated rings. The highest BCUT2D eigenvalue weighted by atomic mass is 16.5. The Balaban J connectivity index is 1.49. The molecule has 1 aromatic heterocycles. The van der Waals surface area contributed by atoms with E-state index >= 15 is 0 Å². The van der Waals surface area contributed by atoms with E-state index in [4.69, 9.17) is 9.84 Å². The third kappa shape index (κ3) is 4.72. The molecule has 2 heterocycles. The van der Waals surface area contributed by atoms with E-state index in [1.807, 2.05) is 31.2 Å². The minimum absolute atomic E-state index is 0.0892. The molecule has 1 aliphatic heterocycles. The molecule has 33 heavy (non-hydrogen) atoms. The summed E-state index contributed by atoms with van der Waals surface area (Å²) in [5, 5.41) is 10.9. The van der Waals surface area contributed by atoms with Gasteiger partial charge >= 0.3 is 5.97 Å². The number of carboxylic acid groups (broad SMARTS) is 1. The molecular weight excluding hydrogens is 426 g/mol. The average molecular weight is 451 g/mol. The van der Waals surface area contributed by atoms with Crippen LogP contribution in [-0.4, -0.2) is 50.6 Å². The summed E-state index contributed by atoms with van der Waals surface area (Å²) >= 11 is 0. The fraction of sp³-hybridized carbons (Fsp3) is 0.375. The fourth-order valence-corrected chi connectivity index (χ4v) is 4.32. The van der Waals surface area contributed by atoms with Crippen molar-refractivity contribution in [2.45, 2.75) is 44.7 Å². The molecule has 1 aromatic carbocycles. The van der Waals surface area contributed by atoms with Crippen LogP contribution < -0.4 is 10.1 Å². The molecule has 1 saturated carbocycles. The maximum absolute atomic E-state index is 13.2. The molecule has 9 nitrogen and oxygen atoms in total. The molecule has 172 valence electrons. The number of Topliss-reactive ketones (excluding diaryl/α,β-unsaturated/α-hetero) is 1. The molecule has 2 aliphatic rings. The van der Waals surface area contributed by atoms with Crippen molar-refractivity contribution < 1.29 is 29.0 Å². The highest BCUT2D eigenvalue weighted by Gasteiger charge is 2.55. The monoisotopic (exact) mass is 451 g/mol. The zero-order chi connectivity index (χ0) is 23.6. The van der Waals surface area contributed by atoms with Crippen LogP contribution in [0.3, 0.4) is 0 Å². The molecule has 2 N–H and O–H groups in total. The van der Waals surface area contributed by atoms with Crippen molar-refractivity contribution in [3.63, 3.8) is 0 Å². The molecule has 1 unspecified atom stereocenters. The minimum atomic E-state index is -1.52. The van der Waals surface area contributed by atoms with Crippen LogP contribution in [0.25, 0.3) is 0 Å². The van der Waals surface area contributed by atoms with Gasteiger partial charge in [0.2, 0.25) is 17.7 Å². The van der Waals surface area contributed by atoms with Crippen LogP contribution in [0.4, 0.5) is 0 Å². The maximum Gasteiger partial charge on any atom is 0.322 e. The Labute approximate surface area is 190 Å². The van der Waals surface area contributed by atoms with Gasteiger partial charge in [0.05, 0.1) is 5.54 Å². The molecule has 0 bridgehead atoms. The molecule has 2 amide bonds. The second-order valence-electron chi connectivity index (χ2n) is 8.61. The van der Waals surface area contributed by atoms with E-state index in [1.165, 1.54) is 0 Å². The van der Waals surface area contributed by atoms with Gasteiger partial charge in [0.1, 0.15) is 12.3 Å². The fourth-order valence-electron chi connectivity index (χ4n) is 4.32. The summed E-state index contributed by atoms with van der Waals surface area (Å²) in [7, 11) is 0. The average Bonchev–Trinajstić information content (AvgIpc) is 2.75. The number of nitrogens with zero attached hydrogens (tertiary/aromatic N) is 2. The summed E-state index contributed by atoms with van der Waals surface area (Å²) < 4.78 is 5.74. The number of ether oxygens (including phenoxy) is 1. The minimum Gasteiger partial charge on any atom is -0.480 e. The van der Waals surface area contributed by atoms with E-state index in [0.29, 0.717) is 24.5 Å². The predicted octanol–water partition coefficient (Wildman–Crippen LogP) is 2.22. The third-order valence-corrected chi connectivity index (χ3v) is 6.25. The van der Waals surface area contributed by atoms with Gasteiger partial charge in [-0.3, -0.25) is 19.2 Å². The smallest absolute Gasteiger partial charge is 0.322 e. The number of nitrogens with one attached hydrogen (secondary N) is 1. The molecule has 1 spiro atoms. The number of amides is 2. The maximum atomic E-state index is 13.2. The first-order valence-electron chi connectivity index (χ1n) is 10.8. The highest BCUT2D eigenvalue weighted by Crippen LogP contribution is 2.45. The normalized spacial score (nSPS) is 19.2. The Kier molecular flexibility index (Phi) is 6.13. The number of aryl methyl sites for hydroxylation is 1. The Bertz CT molecular complexity index is 1080. The van der Waals surface area contributed by atoms with E-state index < -0.39 is 41.6 Å². The number of carboxylic acids is 1. The third-order valence-electron chi connectivity index (χ3n) is 6.25. The molecule has 1 aliphatic carbocycles. The van der Waals surface area contributed by atoms with Crippen molar-refractivity contribution in [3.05, 3.63) is 53.7 Å². The zero-order valence-electron chi connectivity index (χ0n) is 18.2. The topological polar surface area (TPSA) is 126 Å². The van der Waals surface area contributed by atoms with Crippen LogP contribution in [0.5, 0.6) is 11.6 Å². The lowest BCUT2D eigenvalue weighted by Crippen LogP contribution is -2.65. The van der Waals surface area contributed by atoms with Crippen molar-refractivity contribution in [1.29, 1.82) is 0 Å². The summed E-state index contributed by atoms with van der Waals surface area (Å²) in [6, 6.07) is 11.1. The molecule has 9 heteroatoms. The first-order valence-corrected chi connectivity index (χ1v) is 10.8. The Hall–Kier alpha value is -3.75. The van der Waals surface area contributed by atoms with Gasteiger partial charge in [0.15, 0.2) is 11.7 Å². The van der Waals surface area contributed by atoms with E-state index in [0.717, 1.165) is 17.5 Å². The van der Waals surface area contributed by atoms with Gasteiger partial charge in [-0.05, 0) is 43.9 Å². The van der Waals surface area contributed by atoms with Gasteiger partial charge in [0.25, 0.3) is 0 Å². The number of likely N-dealkylation sites (tertiary alicyclic amines) is 1. The molecule has 2 aromatic rings. The van der Waals surface area contributed by atoms with Crippen LogP contribution >= 0.6 is 0 Å². The van der Waals surface area contributed by atoms with Gasteiger partial charge in [-0.2, -0.15) is 0 Å². The number of hydrogen-bond donors (Lipinski definition) is 2. The second-order valence-corrected chi connectivity index (χ2v) is 8.61. The van der Waals surface area contributed by atoms with Crippen LogP contribution in [0, 0.1) is 12.8 Å². The Morgan fingerprint density at radius 1 is 1.18 bits per heavy atom. The number of rotatable bonds is 7. The quantitative estimate of drug-likeness (QED) is 0.618. The zero-order valence-corrected chi connectivity index (χ0v) is 18.2. The number of piperidine rings is 1. The summed E-state index contributed by atoms with van der Waals surface area (Å²) in [5.41, 5.74) is 1.27. The summed E-state index contributed by atoms with van der Waals surface area (Å²) in [6.07, 6.45) is 3.98. The number of hydrogen-bond acceptors (Lipinski definition) is 6. The number of carbonyl (C=O) groups is 4. The SMILES string of the molecule is Cc1ccc(Oc2ccc(CN3C(=O)C(C(=O)NCC(=O)O)C(=O)CC34CCC4)cn2)cc1. The van der Waals surface area contributed by atoms with E-state index in [9.17, 15) is 19.2 Å². The van der Waals surface area contributed by atoms with E-state index in [-0.39, 0.29) is 13.0 Å². The van der Waals surface area contributed by atoms with Crippen LogP contribution in [0.15, 0.2) is 42.6 Å². The lowest BCUT2D eigenvalue weighted by Gasteiger charge is -2.53. The van der Waals surface area contributed by atoms with Crippen molar-refractivity contribution in [2.24, 2.45) is 5.92 Å². The predicted molar refractivity (Wildman–Crippen MR) is 116 cm³/mol. The number of ketones is 1. The van der Waals surface area contributed by atoms with E-state index in [1.54, 1.807) is 23.2 Å². The van der Waals surface area contributed by atoms with Crippen LogP contribution in [-0.2, 0) is 25.7 Å². The van der Waals surface area contributed by atoms with Crippen molar-refractivity contribution in [2.75, 3.05) is 6.54 Å². The van der Waals surface area contributed by atoms with Crippen LogP contribution in [0.1, 0.15) is 36.8 Å². The molecule has 4 rings (SSSR count). The molecule has 1 atom stereocenters. The van der Waals surface area contributed by atoms with Crippen molar-refractivity contribution in [1.82, 2.24) is 15.2 Å². The number of aliphatic carboxylic acids is 1. The summed E-state index contributed by atoms with van der Waals surface area (Å²) in [4.78, 5) is 55.0. The van der Waals surface area contributed by atoms with Gasteiger partial charge in [-0.25, -0.2) is 4.98 Å². The number of carbonyl (C=O) groups excluding carboxylic acids is 3. The largest absolute Gasteiger partial charge is 0.480 e. The second kappa shape index (κ2) is 9.01. The number of pyridine rings is 1. The van der Waals surface area contributed by atoms with Gasteiger partial charge < -0.3 is 20.1 Å². The van der Waals surface area contributed by atoms with Gasteiger partial charge in [-0.1, -0.05) is 23.8 Å². The Morgan fingerprint density at radius 2 is 1.91 bits per heavy atom. The first-order chi connectivity index (χ1) is 15.8.